The predicted molar refractivity (Wildman–Crippen MR) is 139 cm³/mol. The number of H-pyrrole nitrogens is 1. The number of fused-ring (bicyclic) bond motifs is 3. The van der Waals surface area contributed by atoms with Gasteiger partial charge in [-0.3, -0.25) is 9.89 Å². The van der Waals surface area contributed by atoms with Crippen LogP contribution in [0.1, 0.15) is 22.5 Å². The number of methoxy groups -OCH3 is 1. The van der Waals surface area contributed by atoms with Gasteiger partial charge in [0.2, 0.25) is 0 Å². The van der Waals surface area contributed by atoms with Crippen LogP contribution in [-0.2, 0) is 11.3 Å². The molecule has 11 nitrogen and oxygen atoms in total. The largest absolute Gasteiger partial charge is 0.496 e. The maximum Gasteiger partial charge on any atom is 0.409 e. The topological polar surface area (TPSA) is 124 Å². The average molecular weight is 515 g/mol. The monoisotopic (exact) mass is 514 g/mol. The molecule has 2 N–H and O–H groups in total. The number of allylic oxidation sites excluding steroid dienone is 6. The van der Waals surface area contributed by atoms with E-state index in [0.29, 0.717) is 36.8 Å². The van der Waals surface area contributed by atoms with E-state index >= 15 is 0 Å². The van der Waals surface area contributed by atoms with E-state index in [0.717, 1.165) is 34.5 Å². The highest BCUT2D eigenvalue weighted by Crippen LogP contribution is 2.46. The molecule has 38 heavy (non-hydrogen) atoms. The van der Waals surface area contributed by atoms with Crippen molar-refractivity contribution in [1.29, 1.82) is 0 Å². The Hall–Kier alpha value is -4.80. The minimum Gasteiger partial charge on any atom is -0.496 e. The molecule has 2 aliphatic heterocycles. The highest BCUT2D eigenvalue weighted by molar-refractivity contribution is 5.97. The van der Waals surface area contributed by atoms with Crippen LogP contribution in [0.15, 0.2) is 54.9 Å². The van der Waals surface area contributed by atoms with E-state index in [2.05, 4.69) is 27.7 Å². The minimum absolute atomic E-state index is 0.174. The summed E-state index contributed by atoms with van der Waals surface area (Å²) in [5.74, 6) is 0.953. The van der Waals surface area contributed by atoms with E-state index in [1.165, 1.54) is 0 Å². The van der Waals surface area contributed by atoms with Gasteiger partial charge in [-0.05, 0) is 18.6 Å². The molecule has 3 aromatic rings. The number of nitrogens with one attached hydrogen (secondary N) is 2. The highest BCUT2D eigenvalue weighted by atomic mass is 16.6. The van der Waals surface area contributed by atoms with Gasteiger partial charge in [0.25, 0.3) is 5.91 Å². The van der Waals surface area contributed by atoms with Crippen molar-refractivity contribution in [2.45, 2.75) is 13.0 Å². The minimum atomic E-state index is -0.365. The van der Waals surface area contributed by atoms with Crippen LogP contribution in [0.5, 0.6) is 11.5 Å². The molecule has 0 bridgehead atoms. The molecule has 6 rings (SSSR count). The number of aromatic nitrogens is 4. The number of cyclic esters (lactones) is 1. The molecule has 2 aromatic heterocycles. The van der Waals surface area contributed by atoms with Crippen LogP contribution in [0.4, 0.5) is 4.79 Å². The molecule has 1 aliphatic carbocycles. The summed E-state index contributed by atoms with van der Waals surface area (Å²) >= 11 is 0. The van der Waals surface area contributed by atoms with Crippen molar-refractivity contribution in [2.75, 3.05) is 33.4 Å². The smallest absolute Gasteiger partial charge is 0.409 e. The van der Waals surface area contributed by atoms with E-state index in [4.69, 9.17) is 19.3 Å². The second-order valence-corrected chi connectivity index (χ2v) is 8.92. The molecule has 2 amide bonds. The van der Waals surface area contributed by atoms with E-state index in [1.54, 1.807) is 29.1 Å². The quantitative estimate of drug-likeness (QED) is 0.495. The lowest BCUT2D eigenvalue weighted by Crippen LogP contribution is -2.36. The summed E-state index contributed by atoms with van der Waals surface area (Å²) in [6.07, 6.45) is 13.9. The van der Waals surface area contributed by atoms with Gasteiger partial charge in [-0.15, -0.1) is 0 Å². The molecule has 0 spiro atoms. The number of benzene rings is 1. The number of rotatable bonds is 7. The predicted octanol–water partition coefficient (Wildman–Crippen LogP) is 3.38. The Morgan fingerprint density at radius 3 is 2.95 bits per heavy atom. The fraction of sp³-hybridized carbons (Fsp3) is 0.259. The Morgan fingerprint density at radius 2 is 2.16 bits per heavy atom. The van der Waals surface area contributed by atoms with Crippen LogP contribution in [0.3, 0.4) is 0 Å². The summed E-state index contributed by atoms with van der Waals surface area (Å²) in [6.45, 7) is 1.69. The third-order valence-corrected chi connectivity index (χ3v) is 6.67. The van der Waals surface area contributed by atoms with Crippen molar-refractivity contribution in [3.8, 4) is 33.9 Å². The summed E-state index contributed by atoms with van der Waals surface area (Å²) in [6, 6.07) is 3.83. The number of hydrogen-bond donors (Lipinski definition) is 2. The van der Waals surface area contributed by atoms with Gasteiger partial charge >= 0.3 is 6.09 Å². The zero-order chi connectivity index (χ0) is 26.1. The van der Waals surface area contributed by atoms with Gasteiger partial charge in [0.15, 0.2) is 5.69 Å². The Kier molecular flexibility index (Phi) is 6.16. The zero-order valence-corrected chi connectivity index (χ0v) is 20.8. The van der Waals surface area contributed by atoms with Gasteiger partial charge in [-0.25, -0.2) is 9.48 Å². The lowest BCUT2D eigenvalue weighted by atomic mass is 9.97. The normalized spacial score (nSPS) is 15.8. The maximum absolute atomic E-state index is 13.3. The number of nitrogens with zero attached hydrogens (tertiary/aromatic N) is 4. The molecule has 0 atom stereocenters. The molecule has 0 unspecified atom stereocenters. The number of aromatic amines is 1. The van der Waals surface area contributed by atoms with Crippen molar-refractivity contribution in [3.63, 3.8) is 0 Å². The molecule has 4 heterocycles. The molecule has 3 aliphatic rings. The third-order valence-electron chi connectivity index (χ3n) is 6.67. The number of amides is 2. The summed E-state index contributed by atoms with van der Waals surface area (Å²) in [7, 11) is 1.61. The van der Waals surface area contributed by atoms with E-state index in [9.17, 15) is 9.59 Å². The first-order valence-corrected chi connectivity index (χ1v) is 12.3. The molecule has 1 aromatic carbocycles. The van der Waals surface area contributed by atoms with Crippen molar-refractivity contribution in [1.82, 2.24) is 30.2 Å². The Bertz CT molecular complexity index is 1480. The summed E-state index contributed by atoms with van der Waals surface area (Å²) in [4.78, 5) is 26.6. The molecule has 11 heteroatoms. The van der Waals surface area contributed by atoms with Gasteiger partial charge in [0, 0.05) is 47.6 Å². The van der Waals surface area contributed by atoms with Crippen LogP contribution in [0.2, 0.25) is 0 Å². The van der Waals surface area contributed by atoms with Crippen LogP contribution in [-0.4, -0.2) is 70.2 Å². The van der Waals surface area contributed by atoms with Crippen LogP contribution < -0.4 is 14.8 Å². The summed E-state index contributed by atoms with van der Waals surface area (Å²) in [5, 5.41) is 14.6. The molecular weight excluding hydrogens is 488 g/mol. The van der Waals surface area contributed by atoms with Crippen molar-refractivity contribution in [3.05, 3.63) is 66.2 Å². The van der Waals surface area contributed by atoms with Crippen LogP contribution >= 0.6 is 0 Å². The average Bonchev–Trinajstić information content (AvgIpc) is 3.65. The first-order chi connectivity index (χ1) is 18.6. The number of ether oxygens (including phenoxy) is 3. The third kappa shape index (κ3) is 4.21. The van der Waals surface area contributed by atoms with Gasteiger partial charge in [-0.1, -0.05) is 24.3 Å². The van der Waals surface area contributed by atoms with Gasteiger partial charge in [-0.2, -0.15) is 10.2 Å². The lowest BCUT2D eigenvalue weighted by Gasteiger charge is -2.22. The summed E-state index contributed by atoms with van der Waals surface area (Å²) in [5.41, 5.74) is 5.08. The SMILES string of the molecule is COc1cc2c(cc1-c1cn[nH]c1)-c1c(c(C(=O)NCCN3CCOC3=O)nn1C1=CCC=CC=C1)CO2. The van der Waals surface area contributed by atoms with Crippen LogP contribution in [0.25, 0.3) is 28.1 Å². The second kappa shape index (κ2) is 9.92. The highest BCUT2D eigenvalue weighted by Gasteiger charge is 2.32. The lowest BCUT2D eigenvalue weighted by molar-refractivity contribution is 0.0941. The standard InChI is InChI=1S/C27H26N6O5/c1-36-22-13-23-20(12-19(22)17-14-29-30-15-17)25-21(16-38-23)24(31-33(25)18-6-4-2-3-5-7-18)26(34)28-8-9-32-10-11-37-27(32)35/h2-4,6-7,12-15H,5,8-11,16H2,1H3,(H,28,34)(H,29,30). The Morgan fingerprint density at radius 1 is 1.24 bits per heavy atom. The van der Waals surface area contributed by atoms with E-state index in [1.807, 2.05) is 30.4 Å². The molecular formula is C27H26N6O5. The fourth-order valence-corrected chi connectivity index (χ4v) is 4.78. The van der Waals surface area contributed by atoms with Crippen molar-refractivity contribution < 1.29 is 23.8 Å². The number of carbonyl (C=O) groups is 2. The fourth-order valence-electron chi connectivity index (χ4n) is 4.78. The molecule has 0 radical (unpaired) electrons. The molecule has 1 saturated heterocycles. The Labute approximate surface area is 218 Å². The Balaban J connectivity index is 1.41. The first kappa shape index (κ1) is 23.6. The number of hydrogen-bond acceptors (Lipinski definition) is 7. The summed E-state index contributed by atoms with van der Waals surface area (Å²) < 4.78 is 18.5. The molecule has 0 saturated carbocycles. The van der Waals surface area contributed by atoms with Gasteiger partial charge in [0.1, 0.15) is 24.7 Å². The zero-order valence-electron chi connectivity index (χ0n) is 20.8. The van der Waals surface area contributed by atoms with E-state index in [-0.39, 0.29) is 30.8 Å². The van der Waals surface area contributed by atoms with Crippen molar-refractivity contribution in [2.24, 2.45) is 0 Å². The van der Waals surface area contributed by atoms with Crippen LogP contribution in [0, 0.1) is 0 Å². The van der Waals surface area contributed by atoms with E-state index < -0.39 is 0 Å². The second-order valence-electron chi connectivity index (χ2n) is 8.92. The van der Waals surface area contributed by atoms with Gasteiger partial charge < -0.3 is 24.4 Å². The maximum atomic E-state index is 13.3. The molecule has 1 fully saturated rings. The van der Waals surface area contributed by atoms with Crippen molar-refractivity contribution >= 4 is 17.7 Å². The first-order valence-electron chi connectivity index (χ1n) is 12.3. The van der Waals surface area contributed by atoms with Gasteiger partial charge in [0.05, 0.1) is 31.2 Å². The molecule has 194 valence electrons. The number of carbonyl (C=O) groups excluding carboxylic acids is 2.